The van der Waals surface area contributed by atoms with Gasteiger partial charge in [-0.1, -0.05) is 30.3 Å². The van der Waals surface area contributed by atoms with Gasteiger partial charge in [0.15, 0.2) is 0 Å². The van der Waals surface area contributed by atoms with Gasteiger partial charge >= 0.3 is 11.2 Å². The van der Waals surface area contributed by atoms with Gasteiger partial charge in [0, 0.05) is 11.8 Å². The molecule has 6 nitrogen and oxygen atoms in total. The summed E-state index contributed by atoms with van der Waals surface area (Å²) >= 11 is 0. The predicted octanol–water partition coefficient (Wildman–Crippen LogP) is 2.88. The summed E-state index contributed by atoms with van der Waals surface area (Å²) in [6, 6.07) is 11.1. The number of pyridine rings is 1. The Kier molecular flexibility index (Phi) is 4.02. The molecular weight excluding hydrogens is 284 g/mol. The summed E-state index contributed by atoms with van der Waals surface area (Å²) in [5.41, 5.74) is 1.45. The number of nitrogens with one attached hydrogen (secondary N) is 1. The molecule has 0 bridgehead atoms. The lowest BCUT2D eigenvalue weighted by atomic mass is 10.1. The van der Waals surface area contributed by atoms with Crippen LogP contribution in [0.4, 0.5) is 5.69 Å². The highest BCUT2D eigenvalue weighted by Gasteiger charge is 2.29. The summed E-state index contributed by atoms with van der Waals surface area (Å²) in [6.45, 7) is 0.678. The second-order valence-electron chi connectivity index (χ2n) is 5.43. The van der Waals surface area contributed by atoms with Crippen LogP contribution in [0.5, 0.6) is 0 Å². The third-order valence-corrected chi connectivity index (χ3v) is 3.71. The number of rotatable bonds is 6. The van der Waals surface area contributed by atoms with Crippen LogP contribution in [0, 0.1) is 10.1 Å². The van der Waals surface area contributed by atoms with Crippen molar-refractivity contribution in [1.29, 1.82) is 0 Å². The van der Waals surface area contributed by atoms with Gasteiger partial charge in [0.2, 0.25) is 0 Å². The molecule has 0 spiro atoms. The molecule has 0 aliphatic heterocycles. The molecular formula is C16H16N2O4. The zero-order valence-corrected chi connectivity index (χ0v) is 12.0. The topological polar surface area (TPSA) is 85.2 Å². The third kappa shape index (κ3) is 3.23. The summed E-state index contributed by atoms with van der Waals surface area (Å²) in [6.07, 6.45) is 1.99. The summed E-state index contributed by atoms with van der Waals surface area (Å²) in [5.74, 6) is 0.297. The lowest BCUT2D eigenvalue weighted by Crippen LogP contribution is -2.16. The van der Waals surface area contributed by atoms with Crippen molar-refractivity contribution in [2.24, 2.45) is 0 Å². The van der Waals surface area contributed by atoms with E-state index in [1.807, 2.05) is 30.3 Å². The molecule has 1 aliphatic carbocycles. The molecule has 1 fully saturated rings. The number of nitro groups is 1. The number of hydrogen-bond donors (Lipinski definition) is 1. The van der Waals surface area contributed by atoms with Crippen LogP contribution in [0.2, 0.25) is 0 Å². The zero-order valence-electron chi connectivity index (χ0n) is 12.0. The fraction of sp³-hybridized carbons (Fsp3) is 0.312. The Morgan fingerprint density at radius 1 is 1.23 bits per heavy atom. The highest BCUT2D eigenvalue weighted by molar-refractivity contribution is 5.38. The first kappa shape index (κ1) is 14.5. The van der Waals surface area contributed by atoms with Crippen molar-refractivity contribution in [2.75, 3.05) is 0 Å². The molecule has 1 aliphatic rings. The van der Waals surface area contributed by atoms with Crippen molar-refractivity contribution < 1.29 is 9.66 Å². The number of aromatic amines is 1. The third-order valence-electron chi connectivity index (χ3n) is 3.71. The first-order valence-electron chi connectivity index (χ1n) is 7.17. The molecule has 1 aromatic heterocycles. The fourth-order valence-corrected chi connectivity index (χ4v) is 2.43. The van der Waals surface area contributed by atoms with E-state index in [1.165, 1.54) is 6.07 Å². The van der Waals surface area contributed by atoms with E-state index in [4.69, 9.17) is 4.74 Å². The van der Waals surface area contributed by atoms with E-state index >= 15 is 0 Å². The zero-order chi connectivity index (χ0) is 15.5. The monoisotopic (exact) mass is 300 g/mol. The van der Waals surface area contributed by atoms with Crippen LogP contribution in [0.25, 0.3) is 0 Å². The summed E-state index contributed by atoms with van der Waals surface area (Å²) in [7, 11) is 0. The van der Waals surface area contributed by atoms with E-state index in [-0.39, 0.29) is 6.61 Å². The summed E-state index contributed by atoms with van der Waals surface area (Å²) < 4.78 is 5.64. The number of aromatic nitrogens is 1. The Labute approximate surface area is 126 Å². The molecule has 1 heterocycles. The molecule has 1 N–H and O–H groups in total. The molecule has 1 saturated carbocycles. The lowest BCUT2D eigenvalue weighted by molar-refractivity contribution is -0.386. The summed E-state index contributed by atoms with van der Waals surface area (Å²) in [4.78, 5) is 24.6. The molecule has 0 radical (unpaired) electrons. The van der Waals surface area contributed by atoms with Crippen molar-refractivity contribution in [2.45, 2.75) is 32.0 Å². The lowest BCUT2D eigenvalue weighted by Gasteiger charge is -2.09. The molecule has 22 heavy (non-hydrogen) atoms. The largest absolute Gasteiger partial charge is 0.371 e. The minimum absolute atomic E-state index is 0.244. The molecule has 2 aromatic rings. The number of nitrogens with zero attached hydrogens (tertiary/aromatic N) is 1. The van der Waals surface area contributed by atoms with E-state index in [9.17, 15) is 14.9 Å². The van der Waals surface area contributed by atoms with Crippen LogP contribution in [0.15, 0.2) is 41.2 Å². The Bertz CT molecular complexity index is 736. The summed E-state index contributed by atoms with van der Waals surface area (Å²) in [5, 5.41) is 10.9. The van der Waals surface area contributed by atoms with E-state index in [1.54, 1.807) is 0 Å². The average molecular weight is 300 g/mol. The van der Waals surface area contributed by atoms with Crippen molar-refractivity contribution >= 4 is 5.69 Å². The molecule has 0 atom stereocenters. The van der Waals surface area contributed by atoms with Crippen LogP contribution in [-0.2, 0) is 18.0 Å². The van der Waals surface area contributed by atoms with Gasteiger partial charge < -0.3 is 9.72 Å². The van der Waals surface area contributed by atoms with Gasteiger partial charge in [-0.2, -0.15) is 0 Å². The smallest absolute Gasteiger partial charge is 0.334 e. The quantitative estimate of drug-likeness (QED) is 0.656. The van der Waals surface area contributed by atoms with Gasteiger partial charge in [0.05, 0.1) is 18.1 Å². The minimum atomic E-state index is -0.673. The van der Waals surface area contributed by atoms with Crippen LogP contribution in [-0.4, -0.2) is 9.91 Å². The van der Waals surface area contributed by atoms with Gasteiger partial charge in [0.25, 0.3) is 0 Å². The van der Waals surface area contributed by atoms with Crippen LogP contribution in [0.1, 0.15) is 35.6 Å². The maximum Gasteiger partial charge on any atom is 0.334 e. The Morgan fingerprint density at radius 2 is 1.95 bits per heavy atom. The van der Waals surface area contributed by atoms with Crippen molar-refractivity contribution in [3.8, 4) is 0 Å². The van der Waals surface area contributed by atoms with Crippen LogP contribution < -0.4 is 5.56 Å². The van der Waals surface area contributed by atoms with Gasteiger partial charge in [-0.3, -0.25) is 14.9 Å². The maximum atomic E-state index is 11.8. The van der Waals surface area contributed by atoms with E-state index in [0.29, 0.717) is 18.2 Å². The van der Waals surface area contributed by atoms with Crippen LogP contribution in [0.3, 0.4) is 0 Å². The highest BCUT2D eigenvalue weighted by atomic mass is 16.6. The second-order valence-corrected chi connectivity index (χ2v) is 5.43. The maximum absolute atomic E-state index is 11.8. The normalized spacial score (nSPS) is 14.0. The van der Waals surface area contributed by atoms with E-state index in [0.717, 1.165) is 24.0 Å². The molecule has 0 saturated heterocycles. The van der Waals surface area contributed by atoms with Gasteiger partial charge in [-0.05, 0) is 29.9 Å². The van der Waals surface area contributed by atoms with Crippen molar-refractivity contribution in [1.82, 2.24) is 4.98 Å². The second kappa shape index (κ2) is 6.11. The first-order valence-corrected chi connectivity index (χ1v) is 7.17. The molecule has 6 heteroatoms. The molecule has 114 valence electrons. The highest BCUT2D eigenvalue weighted by Crippen LogP contribution is 2.41. The van der Waals surface area contributed by atoms with E-state index < -0.39 is 16.2 Å². The fourth-order valence-electron chi connectivity index (χ4n) is 2.43. The van der Waals surface area contributed by atoms with Crippen LogP contribution >= 0.6 is 0 Å². The standard InChI is InChI=1S/C16H16N2O4/c19-16-15(18(20)21)8-13(12-6-7-12)14(17-16)10-22-9-11-4-2-1-3-5-11/h1-5,8,12H,6-7,9-10H2,(H,17,19). The number of hydrogen-bond acceptors (Lipinski definition) is 4. The van der Waals surface area contributed by atoms with Crippen molar-refractivity contribution in [3.63, 3.8) is 0 Å². The Morgan fingerprint density at radius 3 is 2.59 bits per heavy atom. The van der Waals surface area contributed by atoms with Gasteiger partial charge in [0.1, 0.15) is 0 Å². The SMILES string of the molecule is O=c1[nH]c(COCc2ccccc2)c(C2CC2)cc1[N+](=O)[O-]. The van der Waals surface area contributed by atoms with Gasteiger partial charge in [-0.15, -0.1) is 0 Å². The molecule has 0 unspecified atom stereocenters. The number of ether oxygens (including phenoxy) is 1. The Hall–Kier alpha value is -2.47. The van der Waals surface area contributed by atoms with E-state index in [2.05, 4.69) is 4.98 Å². The average Bonchev–Trinajstić information content (AvgIpc) is 3.33. The number of H-pyrrole nitrogens is 1. The predicted molar refractivity (Wildman–Crippen MR) is 80.6 cm³/mol. The molecule has 0 amide bonds. The Balaban J connectivity index is 1.76. The van der Waals surface area contributed by atoms with Crippen molar-refractivity contribution in [3.05, 3.63) is 73.7 Å². The number of benzene rings is 1. The van der Waals surface area contributed by atoms with Gasteiger partial charge in [-0.25, -0.2) is 0 Å². The molecule has 1 aromatic carbocycles. The first-order chi connectivity index (χ1) is 10.6. The minimum Gasteiger partial charge on any atom is -0.371 e. The molecule has 3 rings (SSSR count).